The maximum absolute atomic E-state index is 12.8. The fourth-order valence-electron chi connectivity index (χ4n) is 2.19. The van der Waals surface area contributed by atoms with Gasteiger partial charge >= 0.3 is 6.09 Å². The van der Waals surface area contributed by atoms with Gasteiger partial charge in [0.1, 0.15) is 12.2 Å². The van der Waals surface area contributed by atoms with Crippen molar-refractivity contribution < 1.29 is 19.1 Å². The monoisotopic (exact) mass is 452 g/mol. The van der Waals surface area contributed by atoms with E-state index in [9.17, 15) is 9.59 Å². The molecule has 0 aliphatic rings. The standard InChI is InChI=1S/C19H27Cl3N2O4/c1-10(2)15(23)17(25)24(18(26)28-19(4,5)6)11(3)9-27-16-13(21)7-12(20)8-14(16)22/h7-8,10-11,15H,9,23H2,1-6H3/t11?,15-/m0/s1. The quantitative estimate of drug-likeness (QED) is 0.643. The predicted molar refractivity (Wildman–Crippen MR) is 112 cm³/mol. The van der Waals surface area contributed by atoms with Gasteiger partial charge < -0.3 is 15.2 Å². The third-order valence-electron chi connectivity index (χ3n) is 3.70. The summed E-state index contributed by atoms with van der Waals surface area (Å²) in [6, 6.07) is 1.42. The number of halogens is 3. The van der Waals surface area contributed by atoms with E-state index in [1.165, 1.54) is 12.1 Å². The van der Waals surface area contributed by atoms with Crippen LogP contribution in [0.1, 0.15) is 41.5 Å². The number of hydrogen-bond donors (Lipinski definition) is 1. The second-order valence-corrected chi connectivity index (χ2v) is 9.07. The van der Waals surface area contributed by atoms with Gasteiger partial charge in [0.15, 0.2) is 5.75 Å². The van der Waals surface area contributed by atoms with Crippen molar-refractivity contribution >= 4 is 46.8 Å². The van der Waals surface area contributed by atoms with Crippen molar-refractivity contribution in [1.29, 1.82) is 0 Å². The van der Waals surface area contributed by atoms with Crippen LogP contribution in [-0.4, -0.2) is 41.2 Å². The molecule has 0 fully saturated rings. The van der Waals surface area contributed by atoms with Gasteiger partial charge in [0.25, 0.3) is 0 Å². The highest BCUT2D eigenvalue weighted by Crippen LogP contribution is 2.36. The molecule has 1 unspecified atom stereocenters. The SMILES string of the molecule is CC(C)[C@H](N)C(=O)N(C(=O)OC(C)(C)C)C(C)COc1c(Cl)cc(Cl)cc1Cl. The summed E-state index contributed by atoms with van der Waals surface area (Å²) in [6.45, 7) is 10.3. The van der Waals surface area contributed by atoms with Crippen LogP contribution in [0.25, 0.3) is 0 Å². The van der Waals surface area contributed by atoms with Crippen LogP contribution in [0, 0.1) is 5.92 Å². The van der Waals surface area contributed by atoms with E-state index in [-0.39, 0.29) is 28.3 Å². The molecule has 28 heavy (non-hydrogen) atoms. The molecule has 2 amide bonds. The molecule has 1 aromatic rings. The number of hydrogen-bond acceptors (Lipinski definition) is 5. The average molecular weight is 454 g/mol. The van der Waals surface area contributed by atoms with E-state index in [1.54, 1.807) is 41.5 Å². The first-order valence-electron chi connectivity index (χ1n) is 8.83. The normalized spacial score (nSPS) is 13.8. The van der Waals surface area contributed by atoms with E-state index in [1.807, 2.05) is 0 Å². The number of ether oxygens (including phenoxy) is 2. The molecular formula is C19H27Cl3N2O4. The van der Waals surface area contributed by atoms with Crippen molar-refractivity contribution in [1.82, 2.24) is 4.90 Å². The minimum Gasteiger partial charge on any atom is -0.488 e. The number of benzene rings is 1. The Kier molecular flexibility index (Phi) is 8.88. The summed E-state index contributed by atoms with van der Waals surface area (Å²) in [6.07, 6.45) is -0.794. The zero-order valence-electron chi connectivity index (χ0n) is 16.9. The van der Waals surface area contributed by atoms with Gasteiger partial charge in [0.2, 0.25) is 5.91 Å². The molecule has 2 atom stereocenters. The molecule has 0 saturated carbocycles. The Morgan fingerprint density at radius 3 is 2.04 bits per heavy atom. The third kappa shape index (κ3) is 6.99. The highest BCUT2D eigenvalue weighted by Gasteiger charge is 2.35. The lowest BCUT2D eigenvalue weighted by molar-refractivity contribution is -0.135. The third-order valence-corrected chi connectivity index (χ3v) is 4.48. The van der Waals surface area contributed by atoms with Crippen LogP contribution in [0.15, 0.2) is 12.1 Å². The minimum atomic E-state index is -0.863. The molecule has 158 valence electrons. The molecule has 0 radical (unpaired) electrons. The summed E-state index contributed by atoms with van der Waals surface area (Å²) in [7, 11) is 0. The summed E-state index contributed by atoms with van der Waals surface area (Å²) in [5.41, 5.74) is 5.20. The Balaban J connectivity index is 3.06. The highest BCUT2D eigenvalue weighted by molar-refractivity contribution is 6.40. The van der Waals surface area contributed by atoms with Crippen molar-refractivity contribution in [2.45, 2.75) is 59.2 Å². The second kappa shape index (κ2) is 10.0. The Bertz CT molecular complexity index is 697. The first-order valence-corrected chi connectivity index (χ1v) is 9.97. The Morgan fingerprint density at radius 1 is 1.11 bits per heavy atom. The van der Waals surface area contributed by atoms with Gasteiger partial charge in [-0.1, -0.05) is 48.7 Å². The molecule has 2 N–H and O–H groups in total. The smallest absolute Gasteiger partial charge is 0.417 e. The van der Waals surface area contributed by atoms with Crippen LogP contribution < -0.4 is 10.5 Å². The second-order valence-electron chi connectivity index (χ2n) is 7.82. The Hall–Kier alpha value is -1.21. The van der Waals surface area contributed by atoms with E-state index in [0.717, 1.165) is 4.90 Å². The molecule has 0 heterocycles. The molecule has 0 spiro atoms. The van der Waals surface area contributed by atoms with Crippen LogP contribution >= 0.6 is 34.8 Å². The lowest BCUT2D eigenvalue weighted by atomic mass is 10.0. The van der Waals surface area contributed by atoms with Crippen molar-refractivity contribution in [2.75, 3.05) is 6.61 Å². The van der Waals surface area contributed by atoms with Crippen LogP contribution in [-0.2, 0) is 9.53 Å². The van der Waals surface area contributed by atoms with E-state index < -0.39 is 29.7 Å². The predicted octanol–water partition coefficient (Wildman–Crippen LogP) is 5.16. The Labute approximate surface area is 181 Å². The average Bonchev–Trinajstić information content (AvgIpc) is 2.51. The fraction of sp³-hybridized carbons (Fsp3) is 0.579. The molecule has 6 nitrogen and oxygen atoms in total. The Morgan fingerprint density at radius 2 is 1.61 bits per heavy atom. The largest absolute Gasteiger partial charge is 0.488 e. The minimum absolute atomic E-state index is 0.0587. The summed E-state index contributed by atoms with van der Waals surface area (Å²) >= 11 is 18.1. The number of rotatable bonds is 6. The molecular weight excluding hydrogens is 427 g/mol. The molecule has 0 bridgehead atoms. The van der Waals surface area contributed by atoms with Crippen LogP contribution in [0.5, 0.6) is 5.75 Å². The molecule has 0 aliphatic carbocycles. The van der Waals surface area contributed by atoms with Gasteiger partial charge in [-0.3, -0.25) is 4.79 Å². The maximum atomic E-state index is 12.8. The molecule has 1 aromatic carbocycles. The van der Waals surface area contributed by atoms with Crippen molar-refractivity contribution in [3.63, 3.8) is 0 Å². The van der Waals surface area contributed by atoms with Crippen molar-refractivity contribution in [2.24, 2.45) is 11.7 Å². The highest BCUT2D eigenvalue weighted by atomic mass is 35.5. The van der Waals surface area contributed by atoms with E-state index >= 15 is 0 Å². The number of carbonyl (C=O) groups is 2. The zero-order valence-corrected chi connectivity index (χ0v) is 19.2. The molecule has 0 saturated heterocycles. The summed E-state index contributed by atoms with van der Waals surface area (Å²) in [5, 5.41) is 0.807. The van der Waals surface area contributed by atoms with Crippen molar-refractivity contribution in [3.05, 3.63) is 27.2 Å². The first kappa shape index (κ1) is 24.8. The van der Waals surface area contributed by atoms with Crippen LogP contribution in [0.3, 0.4) is 0 Å². The summed E-state index contributed by atoms with van der Waals surface area (Å²) < 4.78 is 11.0. The number of nitrogens with zero attached hydrogens (tertiary/aromatic N) is 1. The van der Waals surface area contributed by atoms with Crippen LogP contribution in [0.4, 0.5) is 4.79 Å². The fourth-order valence-corrected chi connectivity index (χ4v) is 3.12. The maximum Gasteiger partial charge on any atom is 0.417 e. The molecule has 9 heteroatoms. The number of nitrogens with two attached hydrogens (primary N) is 1. The zero-order chi connectivity index (χ0) is 21.8. The molecule has 1 rings (SSSR count). The number of imide groups is 1. The van der Waals surface area contributed by atoms with Crippen molar-refractivity contribution in [3.8, 4) is 5.75 Å². The summed E-state index contributed by atoms with van der Waals surface area (Å²) in [4.78, 5) is 26.5. The first-order chi connectivity index (χ1) is 12.7. The molecule has 0 aliphatic heterocycles. The van der Waals surface area contributed by atoms with Crippen LogP contribution in [0.2, 0.25) is 15.1 Å². The van der Waals surface area contributed by atoms with E-state index in [0.29, 0.717) is 5.02 Å². The summed E-state index contributed by atoms with van der Waals surface area (Å²) in [5.74, 6) is -0.497. The van der Waals surface area contributed by atoms with Gasteiger partial charge in [-0.25, -0.2) is 9.69 Å². The van der Waals surface area contributed by atoms with E-state index in [4.69, 9.17) is 50.0 Å². The molecule has 0 aromatic heterocycles. The van der Waals surface area contributed by atoms with E-state index in [2.05, 4.69) is 0 Å². The van der Waals surface area contributed by atoms with Gasteiger partial charge in [0, 0.05) is 5.02 Å². The lowest BCUT2D eigenvalue weighted by Gasteiger charge is -2.32. The van der Waals surface area contributed by atoms with Gasteiger partial charge in [-0.05, 0) is 45.7 Å². The number of carbonyl (C=O) groups excluding carboxylic acids is 2. The number of amides is 2. The lowest BCUT2D eigenvalue weighted by Crippen LogP contribution is -2.55. The topological polar surface area (TPSA) is 81.9 Å². The van der Waals surface area contributed by atoms with Gasteiger partial charge in [-0.15, -0.1) is 0 Å². The van der Waals surface area contributed by atoms with Gasteiger partial charge in [0.05, 0.1) is 22.1 Å². The van der Waals surface area contributed by atoms with Gasteiger partial charge in [-0.2, -0.15) is 0 Å².